The summed E-state index contributed by atoms with van der Waals surface area (Å²) in [5.41, 5.74) is 9.82. The fourth-order valence-corrected chi connectivity index (χ4v) is 11.2. The van der Waals surface area contributed by atoms with Crippen LogP contribution in [0.4, 0.5) is 0 Å². The molecule has 3 saturated heterocycles. The topological polar surface area (TPSA) is 30.0 Å². The van der Waals surface area contributed by atoms with Gasteiger partial charge in [-0.25, -0.2) is 0 Å². The number of hydrogen-bond acceptors (Lipinski definition) is 4. The SMILES string of the molecule is Oc1ccc(CC23CC2CN(Cc2ccccc2)C3)c(CC23CC2CN(Cc2ccccc2)C3)c1CC12CC1CN(Cc1ccccc1)C2. The van der Waals surface area contributed by atoms with Crippen LogP contribution in [0.5, 0.6) is 5.75 Å². The lowest BCUT2D eigenvalue weighted by atomic mass is 9.81. The number of rotatable bonds is 12. The highest BCUT2D eigenvalue weighted by Crippen LogP contribution is 2.64. The molecule has 4 aromatic rings. The van der Waals surface area contributed by atoms with Crippen LogP contribution < -0.4 is 0 Å². The van der Waals surface area contributed by atoms with E-state index >= 15 is 0 Å². The number of piperidine rings is 3. The van der Waals surface area contributed by atoms with Crippen molar-refractivity contribution < 1.29 is 5.11 Å². The molecular weight excluding hydrogens is 599 g/mol. The van der Waals surface area contributed by atoms with E-state index in [1.165, 1.54) is 80.7 Å². The molecule has 4 nitrogen and oxygen atoms in total. The van der Waals surface area contributed by atoms with Crippen LogP contribution in [0.1, 0.15) is 52.6 Å². The summed E-state index contributed by atoms with van der Waals surface area (Å²) in [5.74, 6) is 2.93. The van der Waals surface area contributed by atoms with E-state index in [1.54, 1.807) is 11.1 Å². The average molecular weight is 650 g/mol. The van der Waals surface area contributed by atoms with Crippen LogP contribution in [0.2, 0.25) is 0 Å². The fraction of sp³-hybridized carbons (Fsp3) is 0.467. The molecule has 0 bridgehead atoms. The number of nitrogens with zero attached hydrogens (tertiary/aromatic N) is 3. The van der Waals surface area contributed by atoms with Crippen LogP contribution >= 0.6 is 0 Å². The monoisotopic (exact) mass is 649 g/mol. The molecule has 10 rings (SSSR count). The van der Waals surface area contributed by atoms with Gasteiger partial charge in [-0.1, -0.05) is 97.1 Å². The third kappa shape index (κ3) is 5.74. The van der Waals surface area contributed by atoms with Crippen molar-refractivity contribution in [3.05, 3.63) is 137 Å². The van der Waals surface area contributed by atoms with Crippen molar-refractivity contribution >= 4 is 0 Å². The van der Waals surface area contributed by atoms with E-state index in [-0.39, 0.29) is 0 Å². The number of aromatic hydroxyl groups is 1. The van der Waals surface area contributed by atoms with Gasteiger partial charge in [-0.15, -0.1) is 0 Å². The van der Waals surface area contributed by atoms with Gasteiger partial charge in [0.15, 0.2) is 0 Å². The minimum absolute atomic E-state index is 0.329. The average Bonchev–Trinajstić information content (AvgIpc) is 4.00. The second-order valence-corrected chi connectivity index (χ2v) is 17.5. The van der Waals surface area contributed by atoms with Crippen molar-refractivity contribution in [2.24, 2.45) is 34.0 Å². The molecule has 6 atom stereocenters. The molecule has 6 unspecified atom stereocenters. The Morgan fingerprint density at radius 3 is 1.29 bits per heavy atom. The summed E-state index contributed by atoms with van der Waals surface area (Å²) in [5, 5.41) is 11.7. The first kappa shape index (κ1) is 30.4. The van der Waals surface area contributed by atoms with Crippen molar-refractivity contribution in [2.45, 2.75) is 58.2 Å². The number of phenols is 1. The van der Waals surface area contributed by atoms with E-state index < -0.39 is 0 Å². The molecule has 4 aromatic carbocycles. The molecular formula is C45H51N3O. The maximum atomic E-state index is 11.7. The Kier molecular flexibility index (Phi) is 7.16. The van der Waals surface area contributed by atoms with Gasteiger partial charge < -0.3 is 5.11 Å². The van der Waals surface area contributed by atoms with Gasteiger partial charge >= 0.3 is 0 Å². The Morgan fingerprint density at radius 1 is 0.469 bits per heavy atom. The largest absolute Gasteiger partial charge is 0.508 e. The maximum Gasteiger partial charge on any atom is 0.119 e. The second-order valence-electron chi connectivity index (χ2n) is 17.5. The van der Waals surface area contributed by atoms with E-state index in [9.17, 15) is 5.11 Å². The Balaban J connectivity index is 0.918. The van der Waals surface area contributed by atoms with Gasteiger partial charge in [-0.3, -0.25) is 14.7 Å². The highest BCUT2D eigenvalue weighted by atomic mass is 16.3. The van der Waals surface area contributed by atoms with E-state index in [2.05, 4.69) is 118 Å². The summed E-state index contributed by atoms with van der Waals surface area (Å²) in [4.78, 5) is 8.12. The van der Waals surface area contributed by atoms with E-state index in [0.29, 0.717) is 22.0 Å². The van der Waals surface area contributed by atoms with Crippen molar-refractivity contribution in [3.8, 4) is 5.75 Å². The first-order chi connectivity index (χ1) is 24.0. The summed E-state index contributed by atoms with van der Waals surface area (Å²) >= 11 is 0. The highest BCUT2D eigenvalue weighted by molar-refractivity contribution is 5.48. The number of likely N-dealkylation sites (tertiary alicyclic amines) is 3. The van der Waals surface area contributed by atoms with E-state index in [4.69, 9.17) is 0 Å². The van der Waals surface area contributed by atoms with E-state index in [0.717, 1.165) is 56.8 Å². The lowest BCUT2D eigenvalue weighted by molar-refractivity contribution is 0.267. The first-order valence-corrected chi connectivity index (χ1v) is 19.1. The molecule has 49 heavy (non-hydrogen) atoms. The molecule has 4 heteroatoms. The van der Waals surface area contributed by atoms with Crippen LogP contribution in [0.15, 0.2) is 103 Å². The highest BCUT2D eigenvalue weighted by Gasteiger charge is 2.63. The molecule has 3 aliphatic heterocycles. The molecule has 6 fully saturated rings. The van der Waals surface area contributed by atoms with Crippen molar-refractivity contribution in [3.63, 3.8) is 0 Å². The number of phenolic OH excluding ortho intramolecular Hbond substituents is 1. The molecule has 3 aliphatic carbocycles. The van der Waals surface area contributed by atoms with Crippen LogP contribution in [-0.2, 0) is 38.9 Å². The molecule has 3 saturated carbocycles. The Labute approximate surface area is 292 Å². The van der Waals surface area contributed by atoms with Crippen LogP contribution in [0, 0.1) is 34.0 Å². The molecule has 0 spiro atoms. The third-order valence-corrected chi connectivity index (χ3v) is 14.0. The predicted octanol–water partition coefficient (Wildman–Crippen LogP) is 7.59. The summed E-state index contributed by atoms with van der Waals surface area (Å²) in [7, 11) is 0. The number of benzene rings is 4. The second kappa shape index (κ2) is 11.5. The zero-order valence-electron chi connectivity index (χ0n) is 28.9. The van der Waals surface area contributed by atoms with Crippen LogP contribution in [0.3, 0.4) is 0 Å². The summed E-state index contributed by atoms with van der Waals surface area (Å²) in [6, 6.07) is 37.5. The van der Waals surface area contributed by atoms with Gasteiger partial charge in [0.25, 0.3) is 0 Å². The summed E-state index contributed by atoms with van der Waals surface area (Å²) in [6.45, 7) is 10.4. The minimum atomic E-state index is 0.329. The standard InChI is InChI=1S/C45H51N3O/c49-42-17-16-36(18-43-19-37(43)27-46(30-43)24-33-10-4-1-5-11-33)40(22-44-20-38(44)28-47(31-44)25-34-12-6-2-7-13-34)41(42)23-45-21-39(45)29-48(32-45)26-35-14-8-3-9-15-35/h1-17,37-39,49H,18-32H2. The molecule has 1 N–H and O–H groups in total. The predicted molar refractivity (Wildman–Crippen MR) is 196 cm³/mol. The molecule has 0 aromatic heterocycles. The summed E-state index contributed by atoms with van der Waals surface area (Å²) in [6.07, 6.45) is 7.40. The Hall–Kier alpha value is -3.44. The van der Waals surface area contributed by atoms with Crippen LogP contribution in [-0.4, -0.2) is 59.1 Å². The molecule has 0 radical (unpaired) electrons. The van der Waals surface area contributed by atoms with Crippen molar-refractivity contribution in [1.82, 2.24) is 14.7 Å². The quantitative estimate of drug-likeness (QED) is 0.171. The molecule has 252 valence electrons. The van der Waals surface area contributed by atoms with Gasteiger partial charge in [0, 0.05) is 58.9 Å². The maximum absolute atomic E-state index is 11.7. The van der Waals surface area contributed by atoms with E-state index in [1.807, 2.05) is 0 Å². The fourth-order valence-electron chi connectivity index (χ4n) is 11.2. The minimum Gasteiger partial charge on any atom is -0.508 e. The Morgan fingerprint density at radius 2 is 0.857 bits per heavy atom. The van der Waals surface area contributed by atoms with Crippen molar-refractivity contribution in [2.75, 3.05) is 39.3 Å². The van der Waals surface area contributed by atoms with Crippen LogP contribution in [0.25, 0.3) is 0 Å². The van der Waals surface area contributed by atoms with Gasteiger partial charge in [0.05, 0.1) is 0 Å². The smallest absolute Gasteiger partial charge is 0.119 e. The van der Waals surface area contributed by atoms with Crippen molar-refractivity contribution in [1.29, 1.82) is 0 Å². The van der Waals surface area contributed by atoms with Gasteiger partial charge in [-0.2, -0.15) is 0 Å². The third-order valence-electron chi connectivity index (χ3n) is 14.0. The lowest BCUT2D eigenvalue weighted by Gasteiger charge is -2.27. The zero-order chi connectivity index (χ0) is 32.6. The Bertz CT molecular complexity index is 1830. The number of hydrogen-bond donors (Lipinski definition) is 1. The van der Waals surface area contributed by atoms with Gasteiger partial charge in [-0.05, 0) is 112 Å². The molecule has 6 aliphatic rings. The van der Waals surface area contributed by atoms with Gasteiger partial charge in [0.1, 0.15) is 5.75 Å². The molecule has 0 amide bonds. The lowest BCUT2D eigenvalue weighted by Crippen LogP contribution is -2.27. The van der Waals surface area contributed by atoms with Gasteiger partial charge in [0.2, 0.25) is 0 Å². The molecule has 3 heterocycles. The normalized spacial score (nSPS) is 32.9. The first-order valence-electron chi connectivity index (χ1n) is 19.1. The summed E-state index contributed by atoms with van der Waals surface area (Å²) < 4.78 is 0. The number of fused-ring (bicyclic) bond motifs is 3. The zero-order valence-corrected chi connectivity index (χ0v) is 28.9.